The largest absolute Gasteiger partial charge is 0.481 e. The van der Waals surface area contributed by atoms with Gasteiger partial charge in [-0.25, -0.2) is 0 Å². The minimum atomic E-state index is -0.649. The van der Waals surface area contributed by atoms with Crippen LogP contribution in [0.4, 0.5) is 0 Å². The first-order chi connectivity index (χ1) is 8.22. The average molecular weight is 249 g/mol. The van der Waals surface area contributed by atoms with Crippen LogP contribution >= 0.6 is 11.8 Å². The summed E-state index contributed by atoms with van der Waals surface area (Å²) in [5.41, 5.74) is 1.44. The van der Waals surface area contributed by atoms with Crippen LogP contribution in [0.1, 0.15) is 5.56 Å². The van der Waals surface area contributed by atoms with Crippen LogP contribution < -0.4 is 0 Å². The lowest BCUT2D eigenvalue weighted by molar-refractivity contribution is -0.147. The smallest absolute Gasteiger partial charge is 0.309 e. The third kappa shape index (κ3) is 2.19. The van der Waals surface area contributed by atoms with Gasteiger partial charge in [0.25, 0.3) is 0 Å². The summed E-state index contributed by atoms with van der Waals surface area (Å²) >= 11 is 1.93. The maximum absolute atomic E-state index is 10.7. The molecular formula is C13H15NO2S. The van der Waals surface area contributed by atoms with Gasteiger partial charge >= 0.3 is 5.97 Å². The Morgan fingerprint density at radius 3 is 2.88 bits per heavy atom. The molecule has 0 amide bonds. The van der Waals surface area contributed by atoms with Crippen LogP contribution in [-0.4, -0.2) is 40.9 Å². The summed E-state index contributed by atoms with van der Waals surface area (Å²) in [5, 5.41) is 9.42. The molecule has 2 heterocycles. The number of benzene rings is 1. The highest BCUT2D eigenvalue weighted by atomic mass is 32.2. The van der Waals surface area contributed by atoms with E-state index in [9.17, 15) is 4.79 Å². The molecule has 3 rings (SSSR count). The molecule has 17 heavy (non-hydrogen) atoms. The minimum absolute atomic E-state index is 0.135. The number of likely N-dealkylation sites (tertiary alicyclic amines) is 1. The molecule has 3 nitrogen and oxygen atoms in total. The molecule has 1 atom stereocenters. The first kappa shape index (κ1) is 11.1. The minimum Gasteiger partial charge on any atom is -0.481 e. The molecule has 0 spiro atoms. The van der Waals surface area contributed by atoms with Gasteiger partial charge in [-0.05, 0) is 18.1 Å². The summed E-state index contributed by atoms with van der Waals surface area (Å²) in [6.45, 7) is 2.47. The summed E-state index contributed by atoms with van der Waals surface area (Å²) in [4.78, 5) is 14.4. The first-order valence-corrected chi connectivity index (χ1v) is 6.80. The fraction of sp³-hybridized carbons (Fsp3) is 0.462. The van der Waals surface area contributed by atoms with Gasteiger partial charge in [0, 0.05) is 29.8 Å². The van der Waals surface area contributed by atoms with E-state index < -0.39 is 5.97 Å². The molecule has 90 valence electrons. The zero-order valence-electron chi connectivity index (χ0n) is 9.50. The number of hydrogen-bond donors (Lipinski definition) is 1. The van der Waals surface area contributed by atoms with Crippen LogP contribution in [0.3, 0.4) is 0 Å². The molecular weight excluding hydrogens is 234 g/mol. The number of fused-ring (bicyclic) bond motifs is 1. The monoisotopic (exact) mass is 249 g/mol. The van der Waals surface area contributed by atoms with Crippen molar-refractivity contribution in [2.24, 2.45) is 5.92 Å². The van der Waals surface area contributed by atoms with E-state index in [1.165, 1.54) is 10.5 Å². The van der Waals surface area contributed by atoms with E-state index in [1.807, 2.05) is 11.8 Å². The van der Waals surface area contributed by atoms with Gasteiger partial charge in [-0.1, -0.05) is 18.2 Å². The standard InChI is InChI=1S/C13H15NO2S/c15-13(16)10-6-14(7-10)8-11-5-9-3-1-2-4-12(9)17-11/h1-4,10-11H,5-8H2,(H,15,16). The molecule has 1 fully saturated rings. The number of rotatable bonds is 3. The van der Waals surface area contributed by atoms with Crippen LogP contribution in [0.25, 0.3) is 0 Å². The molecule has 0 aliphatic carbocycles. The second-order valence-electron chi connectivity index (χ2n) is 4.81. The predicted octanol–water partition coefficient (Wildman–Crippen LogP) is 1.72. The third-order valence-corrected chi connectivity index (χ3v) is 4.78. The lowest BCUT2D eigenvalue weighted by atomic mass is 10.00. The number of thioether (sulfide) groups is 1. The molecule has 0 bridgehead atoms. The van der Waals surface area contributed by atoms with Gasteiger partial charge in [-0.3, -0.25) is 4.79 Å². The molecule has 2 aliphatic heterocycles. The van der Waals surface area contributed by atoms with E-state index in [1.54, 1.807) is 0 Å². The quantitative estimate of drug-likeness (QED) is 0.885. The highest BCUT2D eigenvalue weighted by molar-refractivity contribution is 8.00. The second-order valence-corrected chi connectivity index (χ2v) is 6.15. The van der Waals surface area contributed by atoms with Gasteiger partial charge in [0.1, 0.15) is 0 Å². The molecule has 1 saturated heterocycles. The van der Waals surface area contributed by atoms with Gasteiger partial charge in [-0.15, -0.1) is 11.8 Å². The molecule has 0 aromatic heterocycles. The van der Waals surface area contributed by atoms with E-state index >= 15 is 0 Å². The van der Waals surface area contributed by atoms with Crippen molar-refractivity contribution < 1.29 is 9.90 Å². The van der Waals surface area contributed by atoms with Crippen molar-refractivity contribution in [2.45, 2.75) is 16.6 Å². The highest BCUT2D eigenvalue weighted by Crippen LogP contribution is 2.37. The Morgan fingerprint density at radius 1 is 1.41 bits per heavy atom. The van der Waals surface area contributed by atoms with E-state index in [0.717, 1.165) is 26.1 Å². The maximum Gasteiger partial charge on any atom is 0.309 e. The molecule has 4 heteroatoms. The fourth-order valence-corrected chi connectivity index (χ4v) is 3.89. The Bertz CT molecular complexity index is 418. The van der Waals surface area contributed by atoms with Crippen molar-refractivity contribution in [3.8, 4) is 0 Å². The Balaban J connectivity index is 1.52. The van der Waals surface area contributed by atoms with Crippen molar-refractivity contribution in [1.82, 2.24) is 4.90 Å². The summed E-state index contributed by atoms with van der Waals surface area (Å²) in [6.07, 6.45) is 1.12. The van der Waals surface area contributed by atoms with Crippen molar-refractivity contribution in [3.05, 3.63) is 29.8 Å². The lowest BCUT2D eigenvalue weighted by Gasteiger charge is -2.37. The zero-order valence-corrected chi connectivity index (χ0v) is 10.3. The van der Waals surface area contributed by atoms with Crippen molar-refractivity contribution >= 4 is 17.7 Å². The summed E-state index contributed by atoms with van der Waals surface area (Å²) in [7, 11) is 0. The Kier molecular flexibility index (Phi) is 2.84. The summed E-state index contributed by atoms with van der Waals surface area (Å²) in [5.74, 6) is -0.785. The number of carboxylic acids is 1. The predicted molar refractivity (Wildman–Crippen MR) is 67.4 cm³/mol. The van der Waals surface area contributed by atoms with E-state index in [2.05, 4.69) is 29.2 Å². The Hall–Kier alpha value is -1.00. The number of hydrogen-bond acceptors (Lipinski definition) is 3. The molecule has 0 radical (unpaired) electrons. The molecule has 1 unspecified atom stereocenters. The van der Waals surface area contributed by atoms with E-state index in [4.69, 9.17) is 5.11 Å². The number of nitrogens with zero attached hydrogens (tertiary/aromatic N) is 1. The van der Waals surface area contributed by atoms with E-state index in [0.29, 0.717) is 5.25 Å². The van der Waals surface area contributed by atoms with Crippen LogP contribution in [0.5, 0.6) is 0 Å². The number of aliphatic carboxylic acids is 1. The van der Waals surface area contributed by atoms with Crippen LogP contribution in [0.2, 0.25) is 0 Å². The third-order valence-electron chi connectivity index (χ3n) is 3.48. The zero-order chi connectivity index (χ0) is 11.8. The van der Waals surface area contributed by atoms with Crippen molar-refractivity contribution in [3.63, 3.8) is 0 Å². The Labute approximate surface area is 105 Å². The summed E-state index contributed by atoms with van der Waals surface area (Å²) in [6, 6.07) is 8.54. The van der Waals surface area contributed by atoms with Crippen molar-refractivity contribution in [1.29, 1.82) is 0 Å². The van der Waals surface area contributed by atoms with Gasteiger partial charge in [0.05, 0.1) is 5.92 Å². The SMILES string of the molecule is O=C(O)C1CN(CC2Cc3ccccc3S2)C1. The van der Waals surface area contributed by atoms with Gasteiger partial charge in [0.15, 0.2) is 0 Å². The molecule has 1 aromatic carbocycles. The topological polar surface area (TPSA) is 40.5 Å². The van der Waals surface area contributed by atoms with Crippen LogP contribution in [-0.2, 0) is 11.2 Å². The molecule has 2 aliphatic rings. The highest BCUT2D eigenvalue weighted by Gasteiger charge is 2.34. The fourth-order valence-electron chi connectivity index (χ4n) is 2.52. The lowest BCUT2D eigenvalue weighted by Crippen LogP contribution is -2.52. The maximum atomic E-state index is 10.7. The Morgan fingerprint density at radius 2 is 2.18 bits per heavy atom. The van der Waals surface area contributed by atoms with Gasteiger partial charge < -0.3 is 10.0 Å². The molecule has 1 N–H and O–H groups in total. The number of carbonyl (C=O) groups is 1. The van der Waals surface area contributed by atoms with Crippen LogP contribution in [0, 0.1) is 5.92 Å². The molecule has 0 saturated carbocycles. The van der Waals surface area contributed by atoms with Crippen LogP contribution in [0.15, 0.2) is 29.2 Å². The van der Waals surface area contributed by atoms with E-state index in [-0.39, 0.29) is 5.92 Å². The summed E-state index contributed by atoms with van der Waals surface area (Å²) < 4.78 is 0. The van der Waals surface area contributed by atoms with Crippen molar-refractivity contribution in [2.75, 3.05) is 19.6 Å². The normalized spacial score (nSPS) is 24.4. The molecule has 1 aromatic rings. The first-order valence-electron chi connectivity index (χ1n) is 5.92. The van der Waals surface area contributed by atoms with Gasteiger partial charge in [0.2, 0.25) is 0 Å². The van der Waals surface area contributed by atoms with Gasteiger partial charge in [-0.2, -0.15) is 0 Å². The average Bonchev–Trinajstić information content (AvgIpc) is 2.64. The number of carboxylic acid groups (broad SMARTS) is 1. The second kappa shape index (κ2) is 4.35.